The Bertz CT molecular complexity index is 1720. The Morgan fingerprint density at radius 3 is 2.78 bits per heavy atom. The number of ether oxygens (including phenoxy) is 1. The van der Waals surface area contributed by atoms with Crippen LogP contribution in [0.1, 0.15) is 21.9 Å². The van der Waals surface area contributed by atoms with Gasteiger partial charge in [-0.3, -0.25) is 14.4 Å². The molecule has 2 fully saturated rings. The van der Waals surface area contributed by atoms with Crippen LogP contribution in [0.5, 0.6) is 5.75 Å². The van der Waals surface area contributed by atoms with Crippen LogP contribution >= 0.6 is 11.3 Å². The molecule has 0 bridgehead atoms. The van der Waals surface area contributed by atoms with Gasteiger partial charge in [-0.2, -0.15) is 4.31 Å². The molecule has 0 aliphatic carbocycles. The number of hydrogen-bond acceptors (Lipinski definition) is 9. The van der Waals surface area contributed by atoms with Gasteiger partial charge in [-0.25, -0.2) is 13.4 Å². The van der Waals surface area contributed by atoms with E-state index in [0.717, 1.165) is 9.18 Å². The molecular formula is C28H26N4O7S2. The fraction of sp³-hybridized carbons (Fsp3) is 0.286. The molecule has 6 rings (SSSR count). The van der Waals surface area contributed by atoms with Crippen LogP contribution in [0.15, 0.2) is 75.6 Å². The lowest BCUT2D eigenvalue weighted by atomic mass is 10.1. The molecule has 2 aliphatic rings. The van der Waals surface area contributed by atoms with Crippen LogP contribution in [0.25, 0.3) is 11.0 Å². The van der Waals surface area contributed by atoms with Crippen LogP contribution in [0.3, 0.4) is 0 Å². The zero-order valence-electron chi connectivity index (χ0n) is 21.9. The summed E-state index contributed by atoms with van der Waals surface area (Å²) in [4.78, 5) is 46.6. The lowest BCUT2D eigenvalue weighted by Crippen LogP contribution is -2.53. The number of Topliss-reactive ketones (excluding diaryl/α,β-unsaturated/α-hetero) is 1. The number of pyridine rings is 1. The molecule has 3 atom stereocenters. The lowest BCUT2D eigenvalue weighted by Gasteiger charge is -2.28. The SMILES string of the molecule is COc1ccc2oc(C(=O)NC(Cc3cccs3)C(=O)N3CCC4C3C(=O)CN4S(=O)(=O)c3ccccn3)cc2c1. The number of carbonyl (C=O) groups is 3. The quantitative estimate of drug-likeness (QED) is 0.328. The van der Waals surface area contributed by atoms with Crippen LogP contribution in [-0.2, 0) is 26.0 Å². The zero-order chi connectivity index (χ0) is 28.7. The standard InChI is InChI=1S/C28H26N4O7S2/c1-38-18-7-8-23-17(13-18)14-24(39-23)27(34)30-20(15-19-5-4-12-40-19)28(35)31-11-9-21-26(31)22(33)16-32(21)41(36,37)25-6-2-3-10-29-25/h2-8,10,12-14,20-21,26H,9,11,15-16H2,1H3,(H,30,34). The predicted octanol–water partition coefficient (Wildman–Crippen LogP) is 2.48. The third-order valence-corrected chi connectivity index (χ3v) is 10.1. The van der Waals surface area contributed by atoms with E-state index in [-0.39, 0.29) is 36.1 Å². The minimum Gasteiger partial charge on any atom is -0.497 e. The van der Waals surface area contributed by atoms with E-state index in [1.807, 2.05) is 17.5 Å². The van der Waals surface area contributed by atoms with E-state index in [1.165, 1.54) is 28.5 Å². The van der Waals surface area contributed by atoms with E-state index in [0.29, 0.717) is 23.1 Å². The highest BCUT2D eigenvalue weighted by atomic mass is 32.2. The van der Waals surface area contributed by atoms with Crippen LogP contribution in [0.2, 0.25) is 0 Å². The number of benzene rings is 1. The molecule has 2 amide bonds. The van der Waals surface area contributed by atoms with Crippen molar-refractivity contribution in [2.24, 2.45) is 0 Å². The van der Waals surface area contributed by atoms with Gasteiger partial charge < -0.3 is 19.4 Å². The molecule has 2 aliphatic heterocycles. The first-order valence-electron chi connectivity index (χ1n) is 12.9. The summed E-state index contributed by atoms with van der Waals surface area (Å²) in [6, 6.07) is 12.3. The highest BCUT2D eigenvalue weighted by Gasteiger charge is 2.54. The highest BCUT2D eigenvalue weighted by Crippen LogP contribution is 2.34. The molecular weight excluding hydrogens is 568 g/mol. The van der Waals surface area contributed by atoms with Crippen molar-refractivity contribution in [2.75, 3.05) is 20.2 Å². The molecule has 3 aromatic heterocycles. The first-order valence-corrected chi connectivity index (χ1v) is 15.2. The van der Waals surface area contributed by atoms with Crippen molar-refractivity contribution in [3.8, 4) is 5.75 Å². The van der Waals surface area contributed by atoms with Crippen molar-refractivity contribution in [2.45, 2.75) is 36.0 Å². The smallest absolute Gasteiger partial charge is 0.287 e. The van der Waals surface area contributed by atoms with Crippen molar-refractivity contribution in [1.29, 1.82) is 0 Å². The average Bonchev–Trinajstić information content (AvgIpc) is 3.78. The Hall–Kier alpha value is -4.07. The molecule has 1 aromatic carbocycles. The van der Waals surface area contributed by atoms with Crippen LogP contribution in [0.4, 0.5) is 0 Å². The van der Waals surface area contributed by atoms with Gasteiger partial charge in [0.2, 0.25) is 5.91 Å². The summed E-state index contributed by atoms with van der Waals surface area (Å²) in [5.41, 5.74) is 0.491. The molecule has 2 saturated heterocycles. The number of amides is 2. The molecule has 41 heavy (non-hydrogen) atoms. The molecule has 0 radical (unpaired) electrons. The van der Waals surface area contributed by atoms with E-state index in [4.69, 9.17) is 9.15 Å². The summed E-state index contributed by atoms with van der Waals surface area (Å²) >= 11 is 1.44. The molecule has 0 saturated carbocycles. The summed E-state index contributed by atoms with van der Waals surface area (Å²) in [7, 11) is -2.49. The number of ketones is 1. The fourth-order valence-electron chi connectivity index (χ4n) is 5.48. The Morgan fingerprint density at radius 1 is 1.20 bits per heavy atom. The maximum Gasteiger partial charge on any atom is 0.287 e. The van der Waals surface area contributed by atoms with Crippen LogP contribution in [0, 0.1) is 0 Å². The first kappa shape index (κ1) is 27.1. The van der Waals surface area contributed by atoms with E-state index in [2.05, 4.69) is 10.3 Å². The van der Waals surface area contributed by atoms with Crippen molar-refractivity contribution in [1.82, 2.24) is 19.5 Å². The largest absolute Gasteiger partial charge is 0.497 e. The summed E-state index contributed by atoms with van der Waals surface area (Å²) in [6.45, 7) is -0.169. The number of furan rings is 1. The molecule has 5 heterocycles. The van der Waals surface area contributed by atoms with Gasteiger partial charge in [0.1, 0.15) is 23.4 Å². The number of rotatable bonds is 8. The summed E-state index contributed by atoms with van der Waals surface area (Å²) in [6.07, 6.45) is 1.87. The number of aromatic nitrogens is 1. The van der Waals surface area contributed by atoms with Gasteiger partial charge >= 0.3 is 0 Å². The molecule has 11 nitrogen and oxygen atoms in total. The Kier molecular flexibility index (Phi) is 7.09. The Morgan fingerprint density at radius 2 is 2.05 bits per heavy atom. The number of nitrogens with one attached hydrogen (secondary N) is 1. The lowest BCUT2D eigenvalue weighted by molar-refractivity contribution is -0.138. The molecule has 13 heteroatoms. The van der Waals surface area contributed by atoms with Gasteiger partial charge in [-0.05, 0) is 54.3 Å². The topological polar surface area (TPSA) is 139 Å². The number of hydrogen-bond donors (Lipinski definition) is 1. The second-order valence-corrected chi connectivity index (χ2v) is 12.7. The van der Waals surface area contributed by atoms with Crippen LogP contribution in [-0.4, -0.2) is 78.5 Å². The first-order chi connectivity index (χ1) is 19.8. The minimum atomic E-state index is -4.04. The molecule has 1 N–H and O–H groups in total. The number of sulfonamides is 1. The number of thiophene rings is 1. The number of fused-ring (bicyclic) bond motifs is 2. The second-order valence-electron chi connectivity index (χ2n) is 9.84. The van der Waals surface area contributed by atoms with E-state index in [9.17, 15) is 22.8 Å². The van der Waals surface area contributed by atoms with Gasteiger partial charge in [-0.15, -0.1) is 11.3 Å². The Labute approximate surface area is 239 Å². The van der Waals surface area contributed by atoms with E-state index >= 15 is 0 Å². The van der Waals surface area contributed by atoms with Crippen molar-refractivity contribution < 1.29 is 32.0 Å². The molecule has 0 spiro atoms. The molecule has 3 unspecified atom stereocenters. The monoisotopic (exact) mass is 594 g/mol. The zero-order valence-corrected chi connectivity index (χ0v) is 23.6. The third kappa shape index (κ3) is 5.00. The van der Waals surface area contributed by atoms with Crippen molar-refractivity contribution in [3.05, 3.63) is 76.8 Å². The summed E-state index contributed by atoms with van der Waals surface area (Å²) < 4.78 is 38.7. The fourth-order valence-corrected chi connectivity index (χ4v) is 7.79. The Balaban J connectivity index is 1.25. The predicted molar refractivity (Wildman–Crippen MR) is 149 cm³/mol. The van der Waals surface area contributed by atoms with Crippen molar-refractivity contribution in [3.63, 3.8) is 0 Å². The van der Waals surface area contributed by atoms with Gasteiger partial charge in [0.25, 0.3) is 15.9 Å². The highest BCUT2D eigenvalue weighted by molar-refractivity contribution is 7.89. The second kappa shape index (κ2) is 10.7. The number of nitrogens with zero attached hydrogens (tertiary/aromatic N) is 3. The van der Waals surface area contributed by atoms with Crippen molar-refractivity contribution >= 4 is 49.9 Å². The number of likely N-dealkylation sites (tertiary alicyclic amines) is 1. The number of carbonyl (C=O) groups excluding carboxylic acids is 3. The number of methoxy groups -OCH3 is 1. The van der Waals surface area contributed by atoms with Crippen LogP contribution < -0.4 is 10.1 Å². The average molecular weight is 595 g/mol. The molecule has 212 valence electrons. The summed E-state index contributed by atoms with van der Waals surface area (Å²) in [5, 5.41) is 5.19. The third-order valence-electron chi connectivity index (χ3n) is 7.41. The van der Waals surface area contributed by atoms with E-state index in [1.54, 1.807) is 43.5 Å². The van der Waals surface area contributed by atoms with Gasteiger partial charge in [0.15, 0.2) is 16.6 Å². The molecule has 4 aromatic rings. The maximum atomic E-state index is 13.9. The maximum absolute atomic E-state index is 13.9. The summed E-state index contributed by atoms with van der Waals surface area (Å²) in [5.74, 6) is -0.765. The minimum absolute atomic E-state index is 0.0288. The van der Waals surface area contributed by atoms with Gasteiger partial charge in [-0.1, -0.05) is 12.1 Å². The van der Waals surface area contributed by atoms with E-state index < -0.39 is 40.0 Å². The normalized spacial score (nSPS) is 19.8. The van der Waals surface area contributed by atoms with Gasteiger partial charge in [0.05, 0.1) is 19.7 Å². The van der Waals surface area contributed by atoms with Gasteiger partial charge in [0, 0.05) is 29.4 Å².